The fourth-order valence-electron chi connectivity index (χ4n) is 2.68. The summed E-state index contributed by atoms with van der Waals surface area (Å²) >= 11 is 0. The summed E-state index contributed by atoms with van der Waals surface area (Å²) in [4.78, 5) is 0. The largest absolute Gasteiger partial charge is 0.493 e. The molecule has 0 aliphatic heterocycles. The SMILES string of the molecule is CCCCOc1c(CNCCc2ccccc2C)cccc1OC. The van der Waals surface area contributed by atoms with Gasteiger partial charge in [-0.2, -0.15) is 0 Å². The molecule has 0 heterocycles. The topological polar surface area (TPSA) is 30.5 Å². The summed E-state index contributed by atoms with van der Waals surface area (Å²) in [7, 11) is 1.69. The van der Waals surface area contributed by atoms with E-state index in [2.05, 4.69) is 49.5 Å². The maximum atomic E-state index is 5.97. The van der Waals surface area contributed by atoms with Crippen LogP contribution in [0.25, 0.3) is 0 Å². The van der Waals surface area contributed by atoms with Crippen LogP contribution in [0.15, 0.2) is 42.5 Å². The Balaban J connectivity index is 1.92. The van der Waals surface area contributed by atoms with Crippen LogP contribution in [-0.4, -0.2) is 20.3 Å². The minimum atomic E-state index is 0.729. The van der Waals surface area contributed by atoms with Crippen LogP contribution >= 0.6 is 0 Å². The standard InChI is InChI=1S/C21H29NO2/c1-4-5-15-24-21-19(11-8-12-20(21)23-3)16-22-14-13-18-10-7-6-9-17(18)2/h6-12,22H,4-5,13-16H2,1-3H3. The van der Waals surface area contributed by atoms with Crippen LogP contribution in [0.5, 0.6) is 11.5 Å². The van der Waals surface area contributed by atoms with E-state index in [9.17, 15) is 0 Å². The Labute approximate surface area is 146 Å². The Morgan fingerprint density at radius 2 is 1.79 bits per heavy atom. The zero-order valence-corrected chi connectivity index (χ0v) is 15.1. The fraction of sp³-hybridized carbons (Fsp3) is 0.429. The number of nitrogens with one attached hydrogen (secondary N) is 1. The molecule has 0 bridgehead atoms. The first kappa shape index (κ1) is 18.3. The number of ether oxygens (including phenoxy) is 2. The van der Waals surface area contributed by atoms with E-state index in [1.807, 2.05) is 12.1 Å². The van der Waals surface area contributed by atoms with Crippen molar-refractivity contribution in [3.63, 3.8) is 0 Å². The molecule has 3 heteroatoms. The summed E-state index contributed by atoms with van der Waals surface area (Å²) in [5, 5.41) is 3.52. The second-order valence-corrected chi connectivity index (χ2v) is 6.00. The first-order valence-electron chi connectivity index (χ1n) is 8.80. The number of hydrogen-bond donors (Lipinski definition) is 1. The van der Waals surface area contributed by atoms with E-state index in [1.54, 1.807) is 7.11 Å². The van der Waals surface area contributed by atoms with Crippen LogP contribution in [0.1, 0.15) is 36.5 Å². The average Bonchev–Trinajstić information content (AvgIpc) is 2.61. The lowest BCUT2D eigenvalue weighted by Gasteiger charge is -2.15. The maximum absolute atomic E-state index is 5.97. The number of hydrogen-bond acceptors (Lipinski definition) is 3. The molecule has 0 saturated heterocycles. The van der Waals surface area contributed by atoms with Crippen LogP contribution in [0.2, 0.25) is 0 Å². The van der Waals surface area contributed by atoms with E-state index in [-0.39, 0.29) is 0 Å². The third-order valence-electron chi connectivity index (χ3n) is 4.17. The molecule has 1 N–H and O–H groups in total. The molecule has 0 amide bonds. The Hall–Kier alpha value is -2.00. The zero-order chi connectivity index (χ0) is 17.2. The van der Waals surface area contributed by atoms with Crippen molar-refractivity contribution in [2.45, 2.75) is 39.7 Å². The van der Waals surface area contributed by atoms with Crippen molar-refractivity contribution in [2.24, 2.45) is 0 Å². The van der Waals surface area contributed by atoms with Gasteiger partial charge in [-0.25, -0.2) is 0 Å². The van der Waals surface area contributed by atoms with E-state index >= 15 is 0 Å². The Bertz CT molecular complexity index is 625. The van der Waals surface area contributed by atoms with Crippen LogP contribution in [0, 0.1) is 6.92 Å². The van der Waals surface area contributed by atoms with E-state index in [1.165, 1.54) is 11.1 Å². The second kappa shape index (κ2) is 9.99. The fourth-order valence-corrected chi connectivity index (χ4v) is 2.68. The Kier molecular flexibility index (Phi) is 7.63. The van der Waals surface area contributed by atoms with Crippen molar-refractivity contribution in [1.29, 1.82) is 0 Å². The highest BCUT2D eigenvalue weighted by molar-refractivity contribution is 5.46. The first-order valence-corrected chi connectivity index (χ1v) is 8.80. The van der Waals surface area contributed by atoms with Gasteiger partial charge >= 0.3 is 0 Å². The summed E-state index contributed by atoms with van der Waals surface area (Å²) in [6.07, 6.45) is 3.21. The quantitative estimate of drug-likeness (QED) is 0.651. The van der Waals surface area contributed by atoms with Crippen molar-refractivity contribution >= 4 is 0 Å². The third kappa shape index (κ3) is 5.27. The van der Waals surface area contributed by atoms with Gasteiger partial charge in [0.25, 0.3) is 0 Å². The number of aryl methyl sites for hydroxylation is 1. The monoisotopic (exact) mass is 327 g/mol. The van der Waals surface area contributed by atoms with Crippen LogP contribution in [0.4, 0.5) is 0 Å². The van der Waals surface area contributed by atoms with Gasteiger partial charge in [0.15, 0.2) is 11.5 Å². The van der Waals surface area contributed by atoms with E-state index in [4.69, 9.17) is 9.47 Å². The number of methoxy groups -OCH3 is 1. The van der Waals surface area contributed by atoms with Gasteiger partial charge in [0.05, 0.1) is 13.7 Å². The van der Waals surface area contributed by atoms with Gasteiger partial charge in [-0.15, -0.1) is 0 Å². The molecule has 3 nitrogen and oxygen atoms in total. The smallest absolute Gasteiger partial charge is 0.165 e. The highest BCUT2D eigenvalue weighted by Gasteiger charge is 2.10. The molecule has 0 unspecified atom stereocenters. The zero-order valence-electron chi connectivity index (χ0n) is 15.1. The molecule has 130 valence electrons. The van der Waals surface area contributed by atoms with Crippen molar-refractivity contribution in [3.8, 4) is 11.5 Å². The lowest BCUT2D eigenvalue weighted by molar-refractivity contribution is 0.284. The average molecular weight is 327 g/mol. The molecule has 0 fully saturated rings. The van der Waals surface area contributed by atoms with Gasteiger partial charge in [-0.05, 0) is 43.5 Å². The molecular formula is C21H29NO2. The summed E-state index contributed by atoms with van der Waals surface area (Å²) in [5.74, 6) is 1.68. The molecule has 0 spiro atoms. The molecule has 0 aromatic heterocycles. The Morgan fingerprint density at radius 1 is 1.00 bits per heavy atom. The third-order valence-corrected chi connectivity index (χ3v) is 4.17. The van der Waals surface area contributed by atoms with Crippen LogP contribution in [0.3, 0.4) is 0 Å². The first-order chi connectivity index (χ1) is 11.8. The van der Waals surface area contributed by atoms with Crippen molar-refractivity contribution < 1.29 is 9.47 Å². The summed E-state index contributed by atoms with van der Waals surface area (Å²) in [6, 6.07) is 14.6. The highest BCUT2D eigenvalue weighted by Crippen LogP contribution is 2.31. The summed E-state index contributed by atoms with van der Waals surface area (Å²) in [6.45, 7) is 6.78. The predicted molar refractivity (Wildman–Crippen MR) is 100.0 cm³/mol. The molecule has 0 saturated carbocycles. The lowest BCUT2D eigenvalue weighted by Crippen LogP contribution is -2.18. The molecule has 0 aliphatic rings. The van der Waals surface area contributed by atoms with Crippen molar-refractivity contribution in [1.82, 2.24) is 5.32 Å². The highest BCUT2D eigenvalue weighted by atomic mass is 16.5. The Morgan fingerprint density at radius 3 is 2.54 bits per heavy atom. The number of benzene rings is 2. The maximum Gasteiger partial charge on any atom is 0.165 e. The molecular weight excluding hydrogens is 298 g/mol. The van der Waals surface area contributed by atoms with Crippen LogP contribution < -0.4 is 14.8 Å². The van der Waals surface area contributed by atoms with E-state index in [0.29, 0.717) is 0 Å². The van der Waals surface area contributed by atoms with Gasteiger partial charge in [0.2, 0.25) is 0 Å². The molecule has 2 rings (SSSR count). The van der Waals surface area contributed by atoms with Crippen molar-refractivity contribution in [3.05, 3.63) is 59.2 Å². The van der Waals surface area contributed by atoms with Gasteiger partial charge < -0.3 is 14.8 Å². The molecule has 0 aliphatic carbocycles. The van der Waals surface area contributed by atoms with Gasteiger partial charge in [-0.1, -0.05) is 49.7 Å². The normalized spacial score (nSPS) is 10.6. The minimum absolute atomic E-state index is 0.729. The number of para-hydroxylation sites is 1. The van der Waals surface area contributed by atoms with Gasteiger partial charge in [0, 0.05) is 12.1 Å². The van der Waals surface area contributed by atoms with E-state index < -0.39 is 0 Å². The predicted octanol–water partition coefficient (Wildman–Crippen LogP) is 4.51. The molecule has 2 aromatic carbocycles. The van der Waals surface area contributed by atoms with Gasteiger partial charge in [0.1, 0.15) is 0 Å². The number of unbranched alkanes of at least 4 members (excludes halogenated alkanes) is 1. The summed E-state index contributed by atoms with van der Waals surface area (Å²) in [5.41, 5.74) is 3.90. The molecule has 0 atom stereocenters. The summed E-state index contributed by atoms with van der Waals surface area (Å²) < 4.78 is 11.4. The van der Waals surface area contributed by atoms with Gasteiger partial charge in [-0.3, -0.25) is 0 Å². The van der Waals surface area contributed by atoms with Crippen molar-refractivity contribution in [2.75, 3.05) is 20.3 Å². The van der Waals surface area contributed by atoms with E-state index in [0.717, 1.165) is 56.0 Å². The molecule has 0 radical (unpaired) electrons. The second-order valence-electron chi connectivity index (χ2n) is 6.00. The van der Waals surface area contributed by atoms with Crippen LogP contribution in [-0.2, 0) is 13.0 Å². The lowest BCUT2D eigenvalue weighted by atomic mass is 10.1. The molecule has 24 heavy (non-hydrogen) atoms. The number of rotatable bonds is 10. The minimum Gasteiger partial charge on any atom is -0.493 e. The molecule has 2 aromatic rings.